The molecule has 3 nitrogen and oxygen atoms in total. The molecule has 0 atom stereocenters. The van der Waals surface area contributed by atoms with Crippen LogP contribution in [0, 0.1) is 0 Å². The van der Waals surface area contributed by atoms with Crippen LogP contribution in [0.25, 0.3) is 10.8 Å². The van der Waals surface area contributed by atoms with Crippen molar-refractivity contribution in [3.05, 3.63) is 47.5 Å². The van der Waals surface area contributed by atoms with Crippen molar-refractivity contribution >= 4 is 23.0 Å². The second-order valence-corrected chi connectivity index (χ2v) is 7.34. The predicted octanol–water partition coefficient (Wildman–Crippen LogP) is 5.62. The highest BCUT2D eigenvalue weighted by Gasteiger charge is 2.20. The molecule has 0 unspecified atom stereocenters. The third-order valence-corrected chi connectivity index (χ3v) is 5.46. The molecule has 0 saturated carbocycles. The summed E-state index contributed by atoms with van der Waals surface area (Å²) >= 11 is 0. The SMILES string of the molecule is O=Cc1c(C(=O)N2CCCCCCCCCCC2)ccc2ccccc12. The summed E-state index contributed by atoms with van der Waals surface area (Å²) in [7, 11) is 0. The summed E-state index contributed by atoms with van der Waals surface area (Å²) in [5, 5.41) is 1.86. The number of carbonyl (C=O) groups is 2. The van der Waals surface area contributed by atoms with Gasteiger partial charge in [0.25, 0.3) is 5.91 Å². The molecule has 138 valence electrons. The fourth-order valence-corrected chi connectivity index (χ4v) is 3.94. The molecule has 0 aromatic heterocycles. The van der Waals surface area contributed by atoms with Crippen LogP contribution in [0.3, 0.4) is 0 Å². The summed E-state index contributed by atoms with van der Waals surface area (Å²) in [6, 6.07) is 11.5. The second kappa shape index (κ2) is 9.51. The van der Waals surface area contributed by atoms with Gasteiger partial charge in [-0.05, 0) is 29.7 Å². The zero-order valence-corrected chi connectivity index (χ0v) is 15.6. The Morgan fingerprint density at radius 1 is 0.769 bits per heavy atom. The van der Waals surface area contributed by atoms with E-state index in [0.29, 0.717) is 11.1 Å². The summed E-state index contributed by atoms with van der Waals surface area (Å²) in [6.07, 6.45) is 11.8. The van der Waals surface area contributed by atoms with Crippen LogP contribution >= 0.6 is 0 Å². The van der Waals surface area contributed by atoms with E-state index >= 15 is 0 Å². The molecule has 0 spiro atoms. The second-order valence-electron chi connectivity index (χ2n) is 7.34. The Labute approximate surface area is 156 Å². The number of amides is 1. The highest BCUT2D eigenvalue weighted by atomic mass is 16.2. The quantitative estimate of drug-likeness (QED) is 0.659. The Balaban J connectivity index is 1.83. The fraction of sp³-hybridized carbons (Fsp3) is 0.478. The van der Waals surface area contributed by atoms with Gasteiger partial charge in [0.15, 0.2) is 6.29 Å². The first-order chi connectivity index (χ1) is 12.8. The summed E-state index contributed by atoms with van der Waals surface area (Å²) < 4.78 is 0. The van der Waals surface area contributed by atoms with Crippen LogP contribution in [0.4, 0.5) is 0 Å². The van der Waals surface area contributed by atoms with Crippen molar-refractivity contribution in [3.63, 3.8) is 0 Å². The number of hydrogen-bond donors (Lipinski definition) is 0. The average Bonchev–Trinajstić information content (AvgIpc) is 2.67. The van der Waals surface area contributed by atoms with E-state index < -0.39 is 0 Å². The minimum atomic E-state index is 0.00918. The van der Waals surface area contributed by atoms with Gasteiger partial charge in [0, 0.05) is 18.7 Å². The Hall–Kier alpha value is -2.16. The maximum Gasteiger partial charge on any atom is 0.254 e. The topological polar surface area (TPSA) is 37.4 Å². The molecule has 26 heavy (non-hydrogen) atoms. The van der Waals surface area contributed by atoms with Gasteiger partial charge in [0.2, 0.25) is 0 Å². The fourth-order valence-electron chi connectivity index (χ4n) is 3.94. The number of rotatable bonds is 2. The van der Waals surface area contributed by atoms with Crippen LogP contribution in [-0.4, -0.2) is 30.2 Å². The van der Waals surface area contributed by atoms with E-state index in [4.69, 9.17) is 0 Å². The van der Waals surface area contributed by atoms with Crippen LogP contribution in [0.2, 0.25) is 0 Å². The van der Waals surface area contributed by atoms with Gasteiger partial charge in [0.05, 0.1) is 5.56 Å². The first-order valence-corrected chi connectivity index (χ1v) is 10.1. The molecule has 3 heteroatoms. The zero-order valence-electron chi connectivity index (χ0n) is 15.6. The van der Waals surface area contributed by atoms with Crippen molar-refractivity contribution in [3.8, 4) is 0 Å². The van der Waals surface area contributed by atoms with E-state index in [1.54, 1.807) is 0 Å². The van der Waals surface area contributed by atoms with E-state index in [1.165, 1.54) is 44.9 Å². The van der Waals surface area contributed by atoms with E-state index in [-0.39, 0.29) is 5.91 Å². The smallest absolute Gasteiger partial charge is 0.254 e. The lowest BCUT2D eigenvalue weighted by molar-refractivity contribution is 0.0746. The van der Waals surface area contributed by atoms with Crippen LogP contribution in [0.1, 0.15) is 78.5 Å². The molecule has 0 radical (unpaired) electrons. The average molecular weight is 351 g/mol. The van der Waals surface area contributed by atoms with Crippen molar-refractivity contribution in [1.29, 1.82) is 0 Å². The van der Waals surface area contributed by atoms with Gasteiger partial charge < -0.3 is 4.90 Å². The highest BCUT2D eigenvalue weighted by molar-refractivity contribution is 6.09. The standard InChI is InChI=1S/C23H29NO2/c25-18-22-20-13-9-8-12-19(20)14-15-21(22)23(26)24-16-10-6-4-2-1-3-5-7-11-17-24/h8-9,12-15,18H,1-7,10-11,16-17H2. The van der Waals surface area contributed by atoms with Gasteiger partial charge in [-0.25, -0.2) is 0 Å². The molecule has 2 aromatic carbocycles. The normalized spacial score (nSPS) is 17.3. The van der Waals surface area contributed by atoms with Crippen molar-refractivity contribution in [1.82, 2.24) is 4.90 Å². The van der Waals surface area contributed by atoms with Crippen molar-refractivity contribution in [2.75, 3.05) is 13.1 Å². The van der Waals surface area contributed by atoms with E-state index in [1.807, 2.05) is 41.3 Å². The lowest BCUT2D eigenvalue weighted by atomic mass is 9.98. The van der Waals surface area contributed by atoms with Crippen molar-refractivity contribution < 1.29 is 9.59 Å². The summed E-state index contributed by atoms with van der Waals surface area (Å²) in [5.74, 6) is 0.00918. The summed E-state index contributed by atoms with van der Waals surface area (Å²) in [6.45, 7) is 1.59. The predicted molar refractivity (Wildman–Crippen MR) is 107 cm³/mol. The van der Waals surface area contributed by atoms with E-state index in [9.17, 15) is 9.59 Å². The molecule has 0 bridgehead atoms. The molecule has 1 saturated heterocycles. The Morgan fingerprint density at radius 2 is 1.35 bits per heavy atom. The first kappa shape index (κ1) is 18.6. The van der Waals surface area contributed by atoms with E-state index in [2.05, 4.69) is 0 Å². The van der Waals surface area contributed by atoms with Gasteiger partial charge >= 0.3 is 0 Å². The van der Waals surface area contributed by atoms with Gasteiger partial charge in [-0.3, -0.25) is 9.59 Å². The van der Waals surface area contributed by atoms with Gasteiger partial charge in [-0.1, -0.05) is 75.3 Å². The van der Waals surface area contributed by atoms with Crippen molar-refractivity contribution in [2.24, 2.45) is 0 Å². The number of fused-ring (bicyclic) bond motifs is 1. The van der Waals surface area contributed by atoms with Crippen LogP contribution in [0.15, 0.2) is 36.4 Å². The largest absolute Gasteiger partial charge is 0.339 e. The molecule has 1 amide bonds. The summed E-state index contributed by atoms with van der Waals surface area (Å²) in [4.78, 5) is 26.9. The van der Waals surface area contributed by atoms with Crippen LogP contribution < -0.4 is 0 Å². The Bertz CT molecular complexity index is 741. The Kier molecular flexibility index (Phi) is 6.82. The third-order valence-electron chi connectivity index (χ3n) is 5.46. The maximum absolute atomic E-state index is 13.2. The molecule has 1 aliphatic rings. The van der Waals surface area contributed by atoms with Gasteiger partial charge in [0.1, 0.15) is 0 Å². The van der Waals surface area contributed by atoms with Gasteiger partial charge in [-0.2, -0.15) is 0 Å². The minimum Gasteiger partial charge on any atom is -0.339 e. The highest BCUT2D eigenvalue weighted by Crippen LogP contribution is 2.23. The summed E-state index contributed by atoms with van der Waals surface area (Å²) in [5.41, 5.74) is 1.07. The minimum absolute atomic E-state index is 0.00918. The molecule has 1 heterocycles. The lowest BCUT2D eigenvalue weighted by Crippen LogP contribution is -2.33. The molecule has 3 rings (SSSR count). The number of hydrogen-bond acceptors (Lipinski definition) is 2. The van der Waals surface area contributed by atoms with Gasteiger partial charge in [-0.15, -0.1) is 0 Å². The molecular formula is C23H29NO2. The van der Waals surface area contributed by atoms with E-state index in [0.717, 1.165) is 43.0 Å². The van der Waals surface area contributed by atoms with Crippen LogP contribution in [0.5, 0.6) is 0 Å². The first-order valence-electron chi connectivity index (χ1n) is 10.1. The lowest BCUT2D eigenvalue weighted by Gasteiger charge is -2.24. The number of aldehydes is 1. The maximum atomic E-state index is 13.2. The molecule has 1 fully saturated rings. The molecule has 0 aliphatic carbocycles. The number of benzene rings is 2. The zero-order chi connectivity index (χ0) is 18.2. The third kappa shape index (κ3) is 4.51. The van der Waals surface area contributed by atoms with Crippen molar-refractivity contribution in [2.45, 2.75) is 57.8 Å². The molecular weight excluding hydrogens is 322 g/mol. The monoisotopic (exact) mass is 351 g/mol. The molecule has 1 aliphatic heterocycles. The number of carbonyl (C=O) groups excluding carboxylic acids is 2. The molecule has 2 aromatic rings. The number of nitrogens with zero attached hydrogens (tertiary/aromatic N) is 1. The van der Waals surface area contributed by atoms with Crippen LogP contribution in [-0.2, 0) is 0 Å². The Morgan fingerprint density at radius 3 is 1.96 bits per heavy atom. The molecule has 0 N–H and O–H groups in total.